The SMILES string of the molecule is CCC.O=c1[nH]c2ncccc2o1.[HH]. The first-order chi connectivity index (χ1) is 6.27. The monoisotopic (exact) mass is 182 g/mol. The Balaban J connectivity index is 0.000000381. The quantitative estimate of drug-likeness (QED) is 0.679. The minimum atomic E-state index is -0.464. The molecule has 0 bridgehead atoms. The van der Waals surface area contributed by atoms with E-state index in [1.54, 1.807) is 18.3 Å². The van der Waals surface area contributed by atoms with Crippen LogP contribution in [0, 0.1) is 0 Å². The van der Waals surface area contributed by atoms with Gasteiger partial charge >= 0.3 is 5.76 Å². The zero-order chi connectivity index (χ0) is 9.68. The van der Waals surface area contributed by atoms with Crippen LogP contribution in [-0.4, -0.2) is 9.97 Å². The van der Waals surface area contributed by atoms with Crippen molar-refractivity contribution in [1.29, 1.82) is 0 Å². The summed E-state index contributed by atoms with van der Waals surface area (Å²) in [6.45, 7) is 4.25. The molecule has 0 radical (unpaired) electrons. The number of hydrogen-bond donors (Lipinski definition) is 1. The fourth-order valence-corrected chi connectivity index (χ4v) is 0.789. The lowest BCUT2D eigenvalue weighted by molar-refractivity contribution is 0.555. The van der Waals surface area contributed by atoms with Crippen molar-refractivity contribution in [2.24, 2.45) is 0 Å². The standard InChI is InChI=1S/C6H4N2O2.C3H8.H2/c9-6-8-5-4(10-6)2-1-3-7-5;1-3-2;/h1-3H,(H,7,8,9);3H2,1-2H3;1H. The van der Waals surface area contributed by atoms with Crippen LogP contribution in [-0.2, 0) is 0 Å². The molecule has 2 aromatic rings. The molecule has 0 saturated heterocycles. The Labute approximate surface area is 77.1 Å². The van der Waals surface area contributed by atoms with E-state index in [2.05, 4.69) is 23.8 Å². The molecule has 4 heteroatoms. The summed E-state index contributed by atoms with van der Waals surface area (Å²) >= 11 is 0. The van der Waals surface area contributed by atoms with E-state index in [0.717, 1.165) is 0 Å². The predicted molar refractivity (Wildman–Crippen MR) is 52.7 cm³/mol. The molecule has 2 aromatic heterocycles. The van der Waals surface area contributed by atoms with Crippen LogP contribution in [0.5, 0.6) is 0 Å². The predicted octanol–water partition coefficient (Wildman–Crippen LogP) is 2.18. The van der Waals surface area contributed by atoms with E-state index in [0.29, 0.717) is 11.2 Å². The Bertz CT molecular complexity index is 386. The van der Waals surface area contributed by atoms with Gasteiger partial charge in [-0.1, -0.05) is 20.3 Å². The maximum Gasteiger partial charge on any atom is 0.418 e. The van der Waals surface area contributed by atoms with E-state index in [1.807, 2.05) is 0 Å². The maximum atomic E-state index is 10.5. The van der Waals surface area contributed by atoms with Gasteiger partial charge in [-0.05, 0) is 12.1 Å². The molecule has 0 unspecified atom stereocenters. The van der Waals surface area contributed by atoms with Crippen molar-refractivity contribution in [3.63, 3.8) is 0 Å². The second-order valence-electron chi connectivity index (χ2n) is 2.57. The third kappa shape index (κ3) is 2.43. The molecule has 0 atom stereocenters. The van der Waals surface area contributed by atoms with Gasteiger partial charge in [-0.3, -0.25) is 4.98 Å². The van der Waals surface area contributed by atoms with Crippen LogP contribution in [0.25, 0.3) is 11.2 Å². The van der Waals surface area contributed by atoms with Crippen LogP contribution in [0.3, 0.4) is 0 Å². The maximum absolute atomic E-state index is 10.5. The van der Waals surface area contributed by atoms with Crippen LogP contribution in [0.15, 0.2) is 27.5 Å². The minimum Gasteiger partial charge on any atom is -0.406 e. The first kappa shape index (κ1) is 9.51. The Morgan fingerprint density at radius 3 is 2.92 bits per heavy atom. The van der Waals surface area contributed by atoms with Gasteiger partial charge in [0, 0.05) is 7.62 Å². The zero-order valence-corrected chi connectivity index (χ0v) is 7.70. The smallest absolute Gasteiger partial charge is 0.406 e. The second kappa shape index (κ2) is 4.45. The van der Waals surface area contributed by atoms with Crippen molar-refractivity contribution in [2.45, 2.75) is 20.3 Å². The molecule has 1 N–H and O–H groups in total. The number of pyridine rings is 1. The van der Waals surface area contributed by atoms with E-state index < -0.39 is 5.76 Å². The number of hydrogen-bond acceptors (Lipinski definition) is 3. The summed E-state index contributed by atoms with van der Waals surface area (Å²) < 4.78 is 4.69. The number of nitrogens with one attached hydrogen (secondary N) is 1. The first-order valence-electron chi connectivity index (χ1n) is 4.21. The van der Waals surface area contributed by atoms with Gasteiger partial charge in [0.05, 0.1) is 0 Å². The number of fused-ring (bicyclic) bond motifs is 1. The number of aromatic amines is 1. The molecule has 0 aromatic carbocycles. The third-order valence-electron chi connectivity index (χ3n) is 1.19. The summed E-state index contributed by atoms with van der Waals surface area (Å²) in [6.07, 6.45) is 2.84. The highest BCUT2D eigenvalue weighted by Gasteiger charge is 1.96. The van der Waals surface area contributed by atoms with Gasteiger partial charge in [0.25, 0.3) is 0 Å². The van der Waals surface area contributed by atoms with Gasteiger partial charge in [-0.2, -0.15) is 0 Å². The van der Waals surface area contributed by atoms with Crippen molar-refractivity contribution in [1.82, 2.24) is 9.97 Å². The molecule has 0 spiro atoms. The highest BCUT2D eigenvalue weighted by molar-refractivity contribution is 5.65. The lowest BCUT2D eigenvalue weighted by atomic mass is 10.5. The number of rotatable bonds is 0. The Kier molecular flexibility index (Phi) is 3.25. The first-order valence-corrected chi connectivity index (χ1v) is 4.21. The number of aromatic nitrogens is 2. The Morgan fingerprint density at radius 2 is 2.31 bits per heavy atom. The van der Waals surface area contributed by atoms with Crippen molar-refractivity contribution >= 4 is 11.2 Å². The summed E-state index contributed by atoms with van der Waals surface area (Å²) in [6, 6.07) is 3.39. The van der Waals surface area contributed by atoms with E-state index in [-0.39, 0.29) is 1.43 Å². The average Bonchev–Trinajstić information content (AvgIpc) is 2.45. The third-order valence-corrected chi connectivity index (χ3v) is 1.19. The minimum absolute atomic E-state index is 0. The Hall–Kier alpha value is -1.58. The average molecular weight is 182 g/mol. The molecule has 0 amide bonds. The van der Waals surface area contributed by atoms with Crippen LogP contribution in [0.2, 0.25) is 0 Å². The van der Waals surface area contributed by atoms with E-state index in [9.17, 15) is 4.79 Å². The van der Waals surface area contributed by atoms with E-state index in [1.165, 1.54) is 6.42 Å². The fraction of sp³-hybridized carbons (Fsp3) is 0.333. The second-order valence-corrected chi connectivity index (χ2v) is 2.57. The Morgan fingerprint density at radius 1 is 1.62 bits per heavy atom. The highest BCUT2D eigenvalue weighted by Crippen LogP contribution is 2.02. The molecule has 0 aliphatic rings. The number of oxazole rings is 1. The van der Waals surface area contributed by atoms with Crippen LogP contribution in [0.4, 0.5) is 0 Å². The lowest BCUT2D eigenvalue weighted by Gasteiger charge is -1.79. The van der Waals surface area contributed by atoms with Crippen molar-refractivity contribution in [3.8, 4) is 0 Å². The van der Waals surface area contributed by atoms with Gasteiger partial charge in [0.2, 0.25) is 0 Å². The highest BCUT2D eigenvalue weighted by atomic mass is 16.4. The number of H-pyrrole nitrogens is 1. The molecular weight excluding hydrogens is 168 g/mol. The summed E-state index contributed by atoms with van der Waals surface area (Å²) in [4.78, 5) is 16.8. The topological polar surface area (TPSA) is 58.9 Å². The van der Waals surface area contributed by atoms with Crippen molar-refractivity contribution in [3.05, 3.63) is 28.9 Å². The van der Waals surface area contributed by atoms with Gasteiger partial charge in [-0.15, -0.1) is 0 Å². The molecule has 72 valence electrons. The number of nitrogens with zero attached hydrogens (tertiary/aromatic N) is 1. The lowest BCUT2D eigenvalue weighted by Crippen LogP contribution is -1.93. The summed E-state index contributed by atoms with van der Waals surface area (Å²) in [5.41, 5.74) is 0.986. The molecule has 0 fully saturated rings. The van der Waals surface area contributed by atoms with Crippen LogP contribution >= 0.6 is 0 Å². The molecular formula is C9H14N2O2. The van der Waals surface area contributed by atoms with Gasteiger partial charge in [0.15, 0.2) is 11.2 Å². The van der Waals surface area contributed by atoms with Gasteiger partial charge in [0.1, 0.15) is 0 Å². The fourth-order valence-electron chi connectivity index (χ4n) is 0.789. The molecule has 0 aliphatic heterocycles. The summed E-state index contributed by atoms with van der Waals surface area (Å²) in [5, 5.41) is 0. The van der Waals surface area contributed by atoms with E-state index in [4.69, 9.17) is 4.42 Å². The van der Waals surface area contributed by atoms with Gasteiger partial charge in [-0.25, -0.2) is 9.78 Å². The largest absolute Gasteiger partial charge is 0.418 e. The molecule has 13 heavy (non-hydrogen) atoms. The molecule has 0 saturated carbocycles. The summed E-state index contributed by atoms with van der Waals surface area (Å²) in [5.74, 6) is -0.464. The molecule has 2 heterocycles. The summed E-state index contributed by atoms with van der Waals surface area (Å²) in [7, 11) is 0. The van der Waals surface area contributed by atoms with E-state index >= 15 is 0 Å². The van der Waals surface area contributed by atoms with Crippen molar-refractivity contribution in [2.75, 3.05) is 0 Å². The zero-order valence-electron chi connectivity index (χ0n) is 7.70. The van der Waals surface area contributed by atoms with Crippen LogP contribution < -0.4 is 5.76 Å². The van der Waals surface area contributed by atoms with Crippen LogP contribution in [0.1, 0.15) is 21.7 Å². The van der Waals surface area contributed by atoms with Crippen molar-refractivity contribution < 1.29 is 5.84 Å². The molecule has 4 nitrogen and oxygen atoms in total. The normalized spacial score (nSPS) is 9.38. The molecule has 2 rings (SSSR count). The van der Waals surface area contributed by atoms with Gasteiger partial charge < -0.3 is 4.42 Å². The molecule has 0 aliphatic carbocycles.